The fraction of sp³-hybridized carbons (Fsp3) is 0.172. The monoisotopic (exact) mass is 582 g/mol. The Bertz CT molecular complexity index is 1650. The fourth-order valence-corrected chi connectivity index (χ4v) is 6.14. The number of aromatic nitrogens is 1. The molecule has 4 rings (SSSR count). The number of benzene rings is 3. The summed E-state index contributed by atoms with van der Waals surface area (Å²) in [4.78, 5) is 12.9. The Morgan fingerprint density at radius 1 is 0.923 bits per heavy atom. The Balaban J connectivity index is 1.57. The highest BCUT2D eigenvalue weighted by molar-refractivity contribution is 7.92. The average Bonchev–Trinajstić information content (AvgIpc) is 3.16. The lowest BCUT2D eigenvalue weighted by Gasteiger charge is -2.24. The third kappa shape index (κ3) is 6.36. The predicted molar refractivity (Wildman–Crippen MR) is 158 cm³/mol. The van der Waals surface area contributed by atoms with Crippen LogP contribution < -0.4 is 9.73 Å². The molecule has 10 heteroatoms. The quantitative estimate of drug-likeness (QED) is 0.194. The first-order chi connectivity index (χ1) is 18.5. The molecule has 0 aliphatic rings. The van der Waals surface area contributed by atoms with Crippen LogP contribution in [0.2, 0.25) is 10.0 Å². The zero-order chi connectivity index (χ0) is 28.3. The summed E-state index contributed by atoms with van der Waals surface area (Å²) in [5, 5.41) is 4.55. The Hall–Kier alpha value is -3.59. The van der Waals surface area contributed by atoms with Crippen LogP contribution in [0.15, 0.2) is 82.8 Å². The fourth-order valence-electron chi connectivity index (χ4n) is 4.41. The molecule has 4 aromatic rings. The van der Waals surface area contributed by atoms with Crippen molar-refractivity contribution in [2.24, 2.45) is 5.10 Å². The molecular formula is C29H28Cl2N4O3S. The Labute approximate surface area is 238 Å². The molecule has 0 radical (unpaired) electrons. The van der Waals surface area contributed by atoms with Gasteiger partial charge in [0.25, 0.3) is 15.9 Å². The first-order valence-corrected chi connectivity index (χ1v) is 14.3. The van der Waals surface area contributed by atoms with Crippen LogP contribution in [0, 0.1) is 27.7 Å². The lowest BCUT2D eigenvalue weighted by atomic mass is 10.1. The molecule has 0 aliphatic carbocycles. The van der Waals surface area contributed by atoms with Crippen molar-refractivity contribution in [2.75, 3.05) is 10.8 Å². The van der Waals surface area contributed by atoms with Crippen molar-refractivity contribution >= 4 is 51.0 Å². The minimum Gasteiger partial charge on any atom is -0.318 e. The highest BCUT2D eigenvalue weighted by Gasteiger charge is 2.27. The molecular weight excluding hydrogens is 555 g/mol. The molecule has 0 bridgehead atoms. The zero-order valence-corrected chi connectivity index (χ0v) is 24.3. The molecule has 1 amide bonds. The van der Waals surface area contributed by atoms with Crippen LogP contribution in [-0.2, 0) is 14.8 Å². The van der Waals surface area contributed by atoms with Gasteiger partial charge in [0, 0.05) is 22.6 Å². The summed E-state index contributed by atoms with van der Waals surface area (Å²) in [6, 6.07) is 20.5. The molecule has 0 fully saturated rings. The number of hydrogen-bond donors (Lipinski definition) is 1. The van der Waals surface area contributed by atoms with E-state index in [0.717, 1.165) is 38.1 Å². The number of halogens is 2. The summed E-state index contributed by atoms with van der Waals surface area (Å²) >= 11 is 12.2. The van der Waals surface area contributed by atoms with E-state index in [1.807, 2.05) is 19.9 Å². The molecule has 0 unspecified atom stereocenters. The second-order valence-corrected chi connectivity index (χ2v) is 11.9. The number of carbonyl (C=O) groups is 1. The van der Waals surface area contributed by atoms with Crippen LogP contribution in [-0.4, -0.2) is 31.7 Å². The lowest BCUT2D eigenvalue weighted by Crippen LogP contribution is -2.39. The Morgan fingerprint density at radius 2 is 1.59 bits per heavy atom. The number of aryl methyl sites for hydroxylation is 3. The summed E-state index contributed by atoms with van der Waals surface area (Å²) in [6.45, 7) is 7.58. The summed E-state index contributed by atoms with van der Waals surface area (Å²) in [6.07, 6.45) is 1.55. The van der Waals surface area contributed by atoms with Crippen molar-refractivity contribution in [3.05, 3.63) is 111 Å². The van der Waals surface area contributed by atoms with Crippen molar-refractivity contribution in [1.29, 1.82) is 0 Å². The van der Waals surface area contributed by atoms with Gasteiger partial charge in [-0.3, -0.25) is 9.10 Å². The average molecular weight is 584 g/mol. The Morgan fingerprint density at radius 3 is 2.23 bits per heavy atom. The van der Waals surface area contributed by atoms with E-state index < -0.39 is 22.5 Å². The largest absolute Gasteiger partial charge is 0.318 e. The van der Waals surface area contributed by atoms with Gasteiger partial charge in [-0.2, -0.15) is 5.10 Å². The molecule has 1 aromatic heterocycles. The van der Waals surface area contributed by atoms with Gasteiger partial charge in [-0.05, 0) is 87.4 Å². The minimum atomic E-state index is -4.09. The van der Waals surface area contributed by atoms with Crippen LogP contribution >= 0.6 is 23.2 Å². The van der Waals surface area contributed by atoms with E-state index in [2.05, 4.69) is 47.1 Å². The maximum Gasteiger partial charge on any atom is 0.264 e. The molecule has 0 spiro atoms. The summed E-state index contributed by atoms with van der Waals surface area (Å²) in [7, 11) is -4.09. The number of anilines is 1. The van der Waals surface area contributed by atoms with Gasteiger partial charge in [0.2, 0.25) is 0 Å². The van der Waals surface area contributed by atoms with Crippen molar-refractivity contribution in [3.63, 3.8) is 0 Å². The smallest absolute Gasteiger partial charge is 0.264 e. The minimum absolute atomic E-state index is 0.0335. The predicted octanol–water partition coefficient (Wildman–Crippen LogP) is 6.36. The maximum atomic E-state index is 13.5. The molecule has 39 heavy (non-hydrogen) atoms. The topological polar surface area (TPSA) is 83.8 Å². The van der Waals surface area contributed by atoms with Crippen molar-refractivity contribution in [2.45, 2.75) is 32.6 Å². The first kappa shape index (κ1) is 28.4. The molecule has 7 nitrogen and oxygen atoms in total. The standard InChI is InChI=1S/C29H28Cl2N4O3S/c1-19-12-20(2)14-25(13-19)35-21(3)15-23(22(35)4)17-32-33-29(36)18-34(24-10-11-27(30)28(31)16-24)39(37,38)26-8-6-5-7-9-26/h5-17H,18H2,1-4H3,(H,33,36)/b32-17-. The highest BCUT2D eigenvalue weighted by atomic mass is 35.5. The van der Waals surface area contributed by atoms with Crippen LogP contribution in [0.5, 0.6) is 0 Å². The molecule has 1 N–H and O–H groups in total. The number of nitrogens with one attached hydrogen (secondary N) is 1. The van der Waals surface area contributed by atoms with Crippen LogP contribution in [0.3, 0.4) is 0 Å². The van der Waals surface area contributed by atoms with Crippen molar-refractivity contribution < 1.29 is 13.2 Å². The number of hydrazone groups is 1. The highest BCUT2D eigenvalue weighted by Crippen LogP contribution is 2.30. The van der Waals surface area contributed by atoms with E-state index in [1.54, 1.807) is 24.4 Å². The van der Waals surface area contributed by atoms with Gasteiger partial charge in [-0.25, -0.2) is 13.8 Å². The second-order valence-electron chi connectivity index (χ2n) is 9.22. The first-order valence-electron chi connectivity index (χ1n) is 12.1. The van der Waals surface area contributed by atoms with Gasteiger partial charge >= 0.3 is 0 Å². The number of sulfonamides is 1. The molecule has 0 saturated heterocycles. The van der Waals surface area contributed by atoms with Gasteiger partial charge in [-0.15, -0.1) is 0 Å². The van der Waals surface area contributed by atoms with Gasteiger partial charge in [-0.1, -0.05) is 47.5 Å². The SMILES string of the molecule is Cc1cc(C)cc(-n2c(C)cc(/C=N\NC(=O)CN(c3ccc(Cl)c(Cl)c3)S(=O)(=O)c3ccccc3)c2C)c1. The number of carbonyl (C=O) groups excluding carboxylic acids is 1. The molecule has 0 aliphatic heterocycles. The summed E-state index contributed by atoms with van der Waals surface area (Å²) in [5.74, 6) is -0.625. The number of amides is 1. The number of rotatable bonds is 8. The summed E-state index contributed by atoms with van der Waals surface area (Å²) in [5.41, 5.74) is 8.83. The van der Waals surface area contributed by atoms with E-state index in [-0.39, 0.29) is 20.6 Å². The van der Waals surface area contributed by atoms with Crippen LogP contribution in [0.4, 0.5) is 5.69 Å². The van der Waals surface area contributed by atoms with E-state index >= 15 is 0 Å². The lowest BCUT2D eigenvalue weighted by molar-refractivity contribution is -0.119. The maximum absolute atomic E-state index is 13.5. The van der Waals surface area contributed by atoms with Gasteiger partial charge in [0.05, 0.1) is 26.8 Å². The van der Waals surface area contributed by atoms with Gasteiger partial charge in [0.15, 0.2) is 0 Å². The van der Waals surface area contributed by atoms with E-state index in [4.69, 9.17) is 23.2 Å². The van der Waals surface area contributed by atoms with Crippen LogP contribution in [0.25, 0.3) is 5.69 Å². The number of hydrogen-bond acceptors (Lipinski definition) is 4. The molecule has 0 saturated carbocycles. The molecule has 202 valence electrons. The second kappa shape index (κ2) is 11.7. The third-order valence-electron chi connectivity index (χ3n) is 6.14. The number of nitrogens with zero attached hydrogens (tertiary/aromatic N) is 3. The zero-order valence-electron chi connectivity index (χ0n) is 21.9. The van der Waals surface area contributed by atoms with Gasteiger partial charge < -0.3 is 4.57 Å². The molecule has 1 heterocycles. The van der Waals surface area contributed by atoms with Gasteiger partial charge in [0.1, 0.15) is 6.54 Å². The molecule has 3 aromatic carbocycles. The summed E-state index contributed by atoms with van der Waals surface area (Å²) < 4.78 is 30.0. The van der Waals surface area contributed by atoms with E-state index in [9.17, 15) is 13.2 Å². The van der Waals surface area contributed by atoms with Crippen molar-refractivity contribution in [1.82, 2.24) is 9.99 Å². The van der Waals surface area contributed by atoms with E-state index in [0.29, 0.717) is 0 Å². The van der Waals surface area contributed by atoms with Crippen molar-refractivity contribution in [3.8, 4) is 5.69 Å². The van der Waals surface area contributed by atoms with E-state index in [1.165, 1.54) is 30.3 Å². The van der Waals surface area contributed by atoms with Crippen LogP contribution in [0.1, 0.15) is 28.1 Å². The third-order valence-corrected chi connectivity index (χ3v) is 8.66. The normalized spacial score (nSPS) is 11.6. The Kier molecular flexibility index (Phi) is 8.49. The molecule has 0 atom stereocenters.